The highest BCUT2D eigenvalue weighted by Gasteiger charge is 2.32. The fourth-order valence-corrected chi connectivity index (χ4v) is 3.45. The van der Waals surface area contributed by atoms with Crippen LogP contribution in [0.3, 0.4) is 0 Å². The number of para-hydroxylation sites is 2. The van der Waals surface area contributed by atoms with Crippen molar-refractivity contribution in [3.63, 3.8) is 0 Å². The van der Waals surface area contributed by atoms with Gasteiger partial charge in [-0.15, -0.1) is 0 Å². The molecule has 1 aliphatic rings. The van der Waals surface area contributed by atoms with Gasteiger partial charge in [-0.2, -0.15) is 0 Å². The van der Waals surface area contributed by atoms with Gasteiger partial charge in [-0.25, -0.2) is 4.98 Å². The van der Waals surface area contributed by atoms with Gasteiger partial charge in [0, 0.05) is 12.1 Å². The Morgan fingerprint density at radius 2 is 2.04 bits per heavy atom. The van der Waals surface area contributed by atoms with Gasteiger partial charge in [-0.05, 0) is 56.2 Å². The predicted octanol–water partition coefficient (Wildman–Crippen LogP) is 3.94. The van der Waals surface area contributed by atoms with Crippen LogP contribution < -0.4 is 4.74 Å². The number of H-pyrrole nitrogens is 1. The monoisotopic (exact) mass is 335 g/mol. The summed E-state index contributed by atoms with van der Waals surface area (Å²) in [6.07, 6.45) is 1.92. The van der Waals surface area contributed by atoms with Crippen molar-refractivity contribution < 1.29 is 9.53 Å². The molecule has 1 saturated heterocycles. The normalized spacial score (nSPS) is 17.2. The molecule has 0 saturated carbocycles. The Morgan fingerprint density at radius 3 is 2.80 bits per heavy atom. The number of ether oxygens (including phenoxy) is 1. The molecule has 0 unspecified atom stereocenters. The molecule has 4 rings (SSSR count). The second-order valence-electron chi connectivity index (χ2n) is 6.25. The van der Waals surface area contributed by atoms with Crippen LogP contribution in [0, 0.1) is 0 Å². The van der Waals surface area contributed by atoms with E-state index < -0.39 is 0 Å². The van der Waals surface area contributed by atoms with Gasteiger partial charge >= 0.3 is 0 Å². The molecule has 0 spiro atoms. The summed E-state index contributed by atoms with van der Waals surface area (Å²) in [6, 6.07) is 15.3. The minimum absolute atomic E-state index is 0.00599. The zero-order chi connectivity index (χ0) is 17.2. The molecular weight excluding hydrogens is 314 g/mol. The lowest BCUT2D eigenvalue weighted by molar-refractivity contribution is 0.0730. The van der Waals surface area contributed by atoms with E-state index in [1.165, 1.54) is 0 Å². The van der Waals surface area contributed by atoms with E-state index in [1.807, 2.05) is 60.4 Å². The summed E-state index contributed by atoms with van der Waals surface area (Å²) in [4.78, 5) is 22.9. The summed E-state index contributed by atoms with van der Waals surface area (Å²) >= 11 is 0. The zero-order valence-electron chi connectivity index (χ0n) is 14.2. The van der Waals surface area contributed by atoms with Crippen LogP contribution in [0.4, 0.5) is 0 Å². The van der Waals surface area contributed by atoms with Crippen LogP contribution in [0.15, 0.2) is 48.5 Å². The maximum Gasteiger partial charge on any atom is 0.254 e. The summed E-state index contributed by atoms with van der Waals surface area (Å²) in [5.74, 6) is 1.71. The van der Waals surface area contributed by atoms with Crippen LogP contribution in [0.5, 0.6) is 5.75 Å². The number of aromatic nitrogens is 2. The van der Waals surface area contributed by atoms with Gasteiger partial charge < -0.3 is 14.6 Å². The first-order chi connectivity index (χ1) is 12.3. The lowest BCUT2D eigenvalue weighted by Crippen LogP contribution is -2.31. The van der Waals surface area contributed by atoms with Gasteiger partial charge in [0.15, 0.2) is 0 Å². The standard InChI is InChI=1S/C20H21N3O2/c1-2-25-15-11-9-14(10-12-15)20(24)23-13-5-8-18(23)19-21-16-6-3-4-7-17(16)22-19/h3-4,6-7,9-12,18H,2,5,8,13H2,1H3,(H,21,22)/t18-/m0/s1. The number of fused-ring (bicyclic) bond motifs is 1. The van der Waals surface area contributed by atoms with Crippen LogP contribution in [-0.4, -0.2) is 33.9 Å². The van der Waals surface area contributed by atoms with Crippen molar-refractivity contribution in [2.24, 2.45) is 0 Å². The molecule has 2 heterocycles. The third kappa shape index (κ3) is 2.97. The number of nitrogens with one attached hydrogen (secondary N) is 1. The van der Waals surface area contributed by atoms with Crippen LogP contribution >= 0.6 is 0 Å². The summed E-state index contributed by atoms with van der Waals surface area (Å²) in [5, 5.41) is 0. The van der Waals surface area contributed by atoms with E-state index in [1.54, 1.807) is 0 Å². The first kappa shape index (κ1) is 15.7. The maximum absolute atomic E-state index is 13.0. The summed E-state index contributed by atoms with van der Waals surface area (Å²) in [5.41, 5.74) is 2.64. The number of likely N-dealkylation sites (tertiary alicyclic amines) is 1. The number of carbonyl (C=O) groups is 1. The van der Waals surface area contributed by atoms with E-state index in [0.29, 0.717) is 12.2 Å². The second-order valence-corrected chi connectivity index (χ2v) is 6.25. The van der Waals surface area contributed by atoms with Crippen molar-refractivity contribution in [1.29, 1.82) is 0 Å². The van der Waals surface area contributed by atoms with Gasteiger partial charge in [0.2, 0.25) is 0 Å². The summed E-state index contributed by atoms with van der Waals surface area (Å²) in [7, 11) is 0. The fourth-order valence-electron chi connectivity index (χ4n) is 3.45. The number of nitrogens with zero attached hydrogens (tertiary/aromatic N) is 2. The Kier molecular flexibility index (Phi) is 4.14. The molecular formula is C20H21N3O2. The first-order valence-electron chi connectivity index (χ1n) is 8.74. The highest BCUT2D eigenvalue weighted by Crippen LogP contribution is 2.32. The van der Waals surface area contributed by atoms with Crippen molar-refractivity contribution in [2.45, 2.75) is 25.8 Å². The SMILES string of the molecule is CCOc1ccc(C(=O)N2CCC[C@H]2c2nc3ccccc3[nH]2)cc1. The lowest BCUT2D eigenvalue weighted by atomic mass is 10.1. The third-order valence-electron chi connectivity index (χ3n) is 4.65. The van der Waals surface area contributed by atoms with E-state index >= 15 is 0 Å². The van der Waals surface area contributed by atoms with Gasteiger partial charge in [-0.3, -0.25) is 4.79 Å². The Labute approximate surface area is 146 Å². The Morgan fingerprint density at radius 1 is 1.24 bits per heavy atom. The van der Waals surface area contributed by atoms with Gasteiger partial charge in [-0.1, -0.05) is 12.1 Å². The van der Waals surface area contributed by atoms with E-state index in [4.69, 9.17) is 9.72 Å². The maximum atomic E-state index is 13.0. The number of rotatable bonds is 4. The number of amides is 1. The molecule has 1 N–H and O–H groups in total. The quantitative estimate of drug-likeness (QED) is 0.786. The molecule has 5 nitrogen and oxygen atoms in total. The Bertz CT molecular complexity index is 852. The highest BCUT2D eigenvalue weighted by atomic mass is 16.5. The third-order valence-corrected chi connectivity index (χ3v) is 4.65. The molecule has 1 atom stereocenters. The Hall–Kier alpha value is -2.82. The molecule has 3 aromatic rings. The van der Waals surface area contributed by atoms with Gasteiger partial charge in [0.05, 0.1) is 23.7 Å². The minimum Gasteiger partial charge on any atom is -0.494 e. The molecule has 1 aliphatic heterocycles. The molecule has 25 heavy (non-hydrogen) atoms. The number of imidazole rings is 1. The second kappa shape index (κ2) is 6.59. The molecule has 0 bridgehead atoms. The predicted molar refractivity (Wildman–Crippen MR) is 96.7 cm³/mol. The van der Waals surface area contributed by atoms with Crippen LogP contribution in [0.25, 0.3) is 11.0 Å². The first-order valence-corrected chi connectivity index (χ1v) is 8.74. The van der Waals surface area contributed by atoms with Crippen molar-refractivity contribution in [2.75, 3.05) is 13.2 Å². The summed E-state index contributed by atoms with van der Waals surface area (Å²) in [6.45, 7) is 3.32. The van der Waals surface area contributed by atoms with Crippen molar-refractivity contribution in [3.05, 3.63) is 59.9 Å². The molecule has 5 heteroatoms. The molecule has 1 amide bonds. The van der Waals surface area contributed by atoms with E-state index in [0.717, 1.165) is 42.0 Å². The van der Waals surface area contributed by atoms with Gasteiger partial charge in [0.1, 0.15) is 11.6 Å². The van der Waals surface area contributed by atoms with E-state index in [9.17, 15) is 4.79 Å². The van der Waals surface area contributed by atoms with Crippen LogP contribution in [0.2, 0.25) is 0 Å². The summed E-state index contributed by atoms with van der Waals surface area (Å²) < 4.78 is 5.45. The molecule has 1 aromatic heterocycles. The van der Waals surface area contributed by atoms with Crippen molar-refractivity contribution in [1.82, 2.24) is 14.9 Å². The number of hydrogen-bond donors (Lipinski definition) is 1. The number of carbonyl (C=O) groups excluding carboxylic acids is 1. The molecule has 0 radical (unpaired) electrons. The molecule has 2 aromatic carbocycles. The number of benzene rings is 2. The average Bonchev–Trinajstić information content (AvgIpc) is 3.28. The highest BCUT2D eigenvalue weighted by molar-refractivity contribution is 5.94. The van der Waals surface area contributed by atoms with Crippen molar-refractivity contribution in [3.8, 4) is 5.75 Å². The lowest BCUT2D eigenvalue weighted by Gasteiger charge is -2.23. The minimum atomic E-state index is 0.00599. The van der Waals surface area contributed by atoms with Crippen LogP contribution in [-0.2, 0) is 0 Å². The molecule has 1 fully saturated rings. The average molecular weight is 335 g/mol. The van der Waals surface area contributed by atoms with Gasteiger partial charge in [0.25, 0.3) is 5.91 Å². The van der Waals surface area contributed by atoms with Crippen LogP contribution in [0.1, 0.15) is 42.0 Å². The smallest absolute Gasteiger partial charge is 0.254 e. The Balaban J connectivity index is 1.59. The number of aromatic amines is 1. The topological polar surface area (TPSA) is 58.2 Å². The van der Waals surface area contributed by atoms with Crippen molar-refractivity contribution >= 4 is 16.9 Å². The molecule has 0 aliphatic carbocycles. The fraction of sp³-hybridized carbons (Fsp3) is 0.300. The number of hydrogen-bond acceptors (Lipinski definition) is 3. The zero-order valence-corrected chi connectivity index (χ0v) is 14.2. The van der Waals surface area contributed by atoms with E-state index in [2.05, 4.69) is 4.98 Å². The van der Waals surface area contributed by atoms with E-state index in [-0.39, 0.29) is 11.9 Å². The largest absolute Gasteiger partial charge is 0.494 e. The molecule has 128 valence electrons.